The van der Waals surface area contributed by atoms with Gasteiger partial charge in [0.15, 0.2) is 0 Å². The fraction of sp³-hybridized carbons (Fsp3) is 0.533. The Balaban J connectivity index is 2.13. The van der Waals surface area contributed by atoms with E-state index >= 15 is 0 Å². The molecule has 0 amide bonds. The number of hydrogen-bond acceptors (Lipinski definition) is 3. The van der Waals surface area contributed by atoms with E-state index in [-0.39, 0.29) is 5.41 Å². The Hall–Kier alpha value is -1.10. The molecule has 2 aromatic rings. The molecule has 0 unspecified atom stereocenters. The fourth-order valence-corrected chi connectivity index (χ4v) is 2.44. The van der Waals surface area contributed by atoms with E-state index in [4.69, 9.17) is 17.3 Å². The van der Waals surface area contributed by atoms with Gasteiger partial charge in [-0.05, 0) is 30.6 Å². The second-order valence-corrected chi connectivity index (χ2v) is 6.45. The first kappa shape index (κ1) is 15.3. The highest BCUT2D eigenvalue weighted by Crippen LogP contribution is 2.17. The van der Waals surface area contributed by atoms with Gasteiger partial charge in [-0.3, -0.25) is 4.90 Å². The average molecular weight is 295 g/mol. The van der Waals surface area contributed by atoms with Gasteiger partial charge in [-0.1, -0.05) is 32.4 Å². The number of rotatable bonds is 6. The Labute approximate surface area is 125 Å². The van der Waals surface area contributed by atoms with Gasteiger partial charge in [-0.25, -0.2) is 4.98 Å². The molecule has 0 aliphatic carbocycles. The molecule has 0 atom stereocenters. The van der Waals surface area contributed by atoms with Gasteiger partial charge in [-0.15, -0.1) is 0 Å². The first-order valence-electron chi connectivity index (χ1n) is 6.99. The molecule has 2 heterocycles. The molecule has 2 N–H and O–H groups in total. The van der Waals surface area contributed by atoms with Crippen LogP contribution in [0, 0.1) is 5.41 Å². The standard InChI is InChI=1S/C15H23ClN4/c1-4-19(11-15(2,3)10-17)8-13-9-20-7-12(16)5-6-14(20)18-13/h5-7,9H,4,8,10-11,17H2,1-3H3. The van der Waals surface area contributed by atoms with Crippen molar-refractivity contribution in [3.8, 4) is 0 Å². The van der Waals surface area contributed by atoms with Crippen LogP contribution in [0.3, 0.4) is 0 Å². The molecule has 110 valence electrons. The second-order valence-electron chi connectivity index (χ2n) is 6.02. The zero-order valence-electron chi connectivity index (χ0n) is 12.4. The number of pyridine rings is 1. The van der Waals surface area contributed by atoms with Crippen LogP contribution in [0.25, 0.3) is 5.65 Å². The third-order valence-corrected chi connectivity index (χ3v) is 3.73. The first-order valence-corrected chi connectivity index (χ1v) is 7.37. The highest BCUT2D eigenvalue weighted by Gasteiger charge is 2.20. The molecule has 0 aliphatic heterocycles. The van der Waals surface area contributed by atoms with Crippen molar-refractivity contribution in [1.29, 1.82) is 0 Å². The van der Waals surface area contributed by atoms with Crippen molar-refractivity contribution < 1.29 is 0 Å². The number of fused-ring (bicyclic) bond motifs is 1. The molecule has 0 saturated heterocycles. The summed E-state index contributed by atoms with van der Waals surface area (Å²) in [5, 5.41) is 0.720. The number of nitrogens with zero attached hydrogens (tertiary/aromatic N) is 3. The molecule has 0 fully saturated rings. The normalized spacial score (nSPS) is 12.5. The van der Waals surface area contributed by atoms with Crippen molar-refractivity contribution in [1.82, 2.24) is 14.3 Å². The first-order chi connectivity index (χ1) is 9.43. The molecule has 0 spiro atoms. The van der Waals surface area contributed by atoms with Crippen molar-refractivity contribution in [3.63, 3.8) is 0 Å². The number of aromatic nitrogens is 2. The van der Waals surface area contributed by atoms with E-state index in [1.807, 2.05) is 28.9 Å². The molecular formula is C15H23ClN4. The molecule has 5 heteroatoms. The molecule has 0 bridgehead atoms. The Kier molecular flexibility index (Phi) is 4.68. The summed E-state index contributed by atoms with van der Waals surface area (Å²) in [4.78, 5) is 7.00. The van der Waals surface area contributed by atoms with Crippen LogP contribution < -0.4 is 5.73 Å². The van der Waals surface area contributed by atoms with Gasteiger partial charge in [0.2, 0.25) is 0 Å². The van der Waals surface area contributed by atoms with E-state index < -0.39 is 0 Å². The van der Waals surface area contributed by atoms with Crippen LogP contribution in [-0.2, 0) is 6.54 Å². The molecule has 0 aromatic carbocycles. The molecule has 2 aromatic heterocycles. The Morgan fingerprint density at radius 2 is 2.10 bits per heavy atom. The maximum atomic E-state index is 5.99. The summed E-state index contributed by atoms with van der Waals surface area (Å²) in [6.07, 6.45) is 3.92. The SMILES string of the molecule is CCN(Cc1cn2cc(Cl)ccc2n1)CC(C)(C)CN. The lowest BCUT2D eigenvalue weighted by Crippen LogP contribution is -2.38. The highest BCUT2D eigenvalue weighted by atomic mass is 35.5. The van der Waals surface area contributed by atoms with Crippen LogP contribution in [0.4, 0.5) is 0 Å². The summed E-state index contributed by atoms with van der Waals surface area (Å²) in [6, 6.07) is 3.80. The van der Waals surface area contributed by atoms with E-state index in [2.05, 4.69) is 30.7 Å². The molecule has 0 saturated carbocycles. The third kappa shape index (κ3) is 3.72. The zero-order chi connectivity index (χ0) is 14.8. The van der Waals surface area contributed by atoms with Crippen molar-refractivity contribution in [2.75, 3.05) is 19.6 Å². The minimum Gasteiger partial charge on any atom is -0.330 e. The minimum absolute atomic E-state index is 0.123. The van der Waals surface area contributed by atoms with Crippen LogP contribution in [0.2, 0.25) is 5.02 Å². The lowest BCUT2D eigenvalue weighted by Gasteiger charge is -2.30. The van der Waals surface area contributed by atoms with E-state index in [9.17, 15) is 0 Å². The minimum atomic E-state index is 0.123. The summed E-state index contributed by atoms with van der Waals surface area (Å²) in [6.45, 7) is 10.0. The van der Waals surface area contributed by atoms with Gasteiger partial charge < -0.3 is 10.1 Å². The van der Waals surface area contributed by atoms with Crippen molar-refractivity contribution in [2.24, 2.45) is 11.1 Å². The highest BCUT2D eigenvalue weighted by molar-refractivity contribution is 6.30. The quantitative estimate of drug-likeness (QED) is 0.891. The van der Waals surface area contributed by atoms with E-state index in [1.54, 1.807) is 0 Å². The smallest absolute Gasteiger partial charge is 0.137 e. The largest absolute Gasteiger partial charge is 0.330 e. The topological polar surface area (TPSA) is 46.6 Å². The number of imidazole rings is 1. The zero-order valence-corrected chi connectivity index (χ0v) is 13.2. The van der Waals surface area contributed by atoms with E-state index in [1.165, 1.54) is 0 Å². The third-order valence-electron chi connectivity index (χ3n) is 3.50. The Morgan fingerprint density at radius 3 is 2.75 bits per heavy atom. The molecule has 20 heavy (non-hydrogen) atoms. The number of hydrogen-bond donors (Lipinski definition) is 1. The van der Waals surface area contributed by atoms with Gasteiger partial charge in [0.05, 0.1) is 10.7 Å². The van der Waals surface area contributed by atoms with Crippen LogP contribution in [0.5, 0.6) is 0 Å². The predicted octanol–water partition coefficient (Wildman–Crippen LogP) is 2.79. The van der Waals surface area contributed by atoms with E-state index in [0.717, 1.165) is 36.0 Å². The monoisotopic (exact) mass is 294 g/mol. The summed E-state index contributed by atoms with van der Waals surface area (Å²) < 4.78 is 1.97. The Bertz CT molecular complexity index is 576. The summed E-state index contributed by atoms with van der Waals surface area (Å²) >= 11 is 5.99. The average Bonchev–Trinajstić information content (AvgIpc) is 2.79. The molecular weight excluding hydrogens is 272 g/mol. The molecule has 4 nitrogen and oxygen atoms in total. The number of halogens is 1. The summed E-state index contributed by atoms with van der Waals surface area (Å²) in [5.74, 6) is 0. The van der Waals surface area contributed by atoms with Crippen LogP contribution in [-0.4, -0.2) is 33.9 Å². The maximum absolute atomic E-state index is 5.99. The van der Waals surface area contributed by atoms with Crippen molar-refractivity contribution in [2.45, 2.75) is 27.3 Å². The van der Waals surface area contributed by atoms with Gasteiger partial charge in [0.1, 0.15) is 5.65 Å². The fourth-order valence-electron chi connectivity index (χ4n) is 2.27. The lowest BCUT2D eigenvalue weighted by atomic mass is 9.93. The maximum Gasteiger partial charge on any atom is 0.137 e. The van der Waals surface area contributed by atoms with Gasteiger partial charge in [-0.2, -0.15) is 0 Å². The van der Waals surface area contributed by atoms with Gasteiger partial charge in [0, 0.05) is 25.5 Å². The van der Waals surface area contributed by atoms with Crippen molar-refractivity contribution in [3.05, 3.63) is 35.2 Å². The molecule has 0 radical (unpaired) electrons. The van der Waals surface area contributed by atoms with Crippen LogP contribution in [0.1, 0.15) is 26.5 Å². The summed E-state index contributed by atoms with van der Waals surface area (Å²) in [7, 11) is 0. The Morgan fingerprint density at radius 1 is 1.35 bits per heavy atom. The van der Waals surface area contributed by atoms with Gasteiger partial charge >= 0.3 is 0 Å². The predicted molar refractivity (Wildman–Crippen MR) is 84.0 cm³/mol. The van der Waals surface area contributed by atoms with Crippen molar-refractivity contribution >= 4 is 17.2 Å². The summed E-state index contributed by atoms with van der Waals surface area (Å²) in [5.41, 5.74) is 7.93. The number of nitrogens with two attached hydrogens (primary N) is 1. The van der Waals surface area contributed by atoms with E-state index in [0.29, 0.717) is 6.54 Å². The van der Waals surface area contributed by atoms with Gasteiger partial charge in [0.25, 0.3) is 0 Å². The van der Waals surface area contributed by atoms with Crippen LogP contribution >= 0.6 is 11.6 Å². The molecule has 0 aliphatic rings. The molecule has 2 rings (SSSR count). The second kappa shape index (κ2) is 6.12. The van der Waals surface area contributed by atoms with Crippen LogP contribution in [0.15, 0.2) is 24.5 Å². The lowest BCUT2D eigenvalue weighted by molar-refractivity contribution is 0.182.